The Balaban J connectivity index is 1.94. The minimum atomic E-state index is -0.238. The smallest absolute Gasteiger partial charge is 0.161 e. The zero-order chi connectivity index (χ0) is 12.6. The van der Waals surface area contributed by atoms with Gasteiger partial charge >= 0.3 is 0 Å². The van der Waals surface area contributed by atoms with Crippen molar-refractivity contribution in [2.45, 2.75) is 18.9 Å². The third-order valence-corrected chi connectivity index (χ3v) is 3.75. The van der Waals surface area contributed by atoms with Crippen LogP contribution in [0.5, 0.6) is 11.5 Å². The first-order chi connectivity index (χ1) is 8.79. The minimum absolute atomic E-state index is 0.0679. The predicted octanol–water partition coefficient (Wildman–Crippen LogP) is 2.02. The molecule has 1 unspecified atom stereocenters. The van der Waals surface area contributed by atoms with Crippen LogP contribution in [0.3, 0.4) is 0 Å². The van der Waals surface area contributed by atoms with Crippen molar-refractivity contribution in [3.8, 4) is 17.6 Å². The van der Waals surface area contributed by atoms with Gasteiger partial charge in [-0.1, -0.05) is 6.07 Å². The third kappa shape index (κ3) is 1.72. The molecule has 1 aliphatic heterocycles. The fourth-order valence-corrected chi connectivity index (χ4v) is 2.60. The molecule has 4 nitrogen and oxygen atoms in total. The van der Waals surface area contributed by atoms with Gasteiger partial charge in [0.15, 0.2) is 11.5 Å². The van der Waals surface area contributed by atoms with Gasteiger partial charge in [0.1, 0.15) is 13.2 Å². The summed E-state index contributed by atoms with van der Waals surface area (Å²) < 4.78 is 11.1. The SMILES string of the molecule is CNC(c1ccc2c(c1)OCCO2)C1(C#N)CC1. The van der Waals surface area contributed by atoms with E-state index in [0.717, 1.165) is 29.9 Å². The zero-order valence-electron chi connectivity index (χ0n) is 10.4. The highest BCUT2D eigenvalue weighted by molar-refractivity contribution is 5.46. The van der Waals surface area contributed by atoms with Crippen molar-refractivity contribution in [1.29, 1.82) is 5.26 Å². The van der Waals surface area contributed by atoms with Crippen molar-refractivity contribution >= 4 is 0 Å². The van der Waals surface area contributed by atoms with Crippen LogP contribution < -0.4 is 14.8 Å². The summed E-state index contributed by atoms with van der Waals surface area (Å²) in [5.74, 6) is 1.58. The molecular weight excluding hydrogens is 228 g/mol. The molecule has 18 heavy (non-hydrogen) atoms. The van der Waals surface area contributed by atoms with Crippen LogP contribution in [-0.2, 0) is 0 Å². The number of hydrogen-bond donors (Lipinski definition) is 1. The molecule has 1 fully saturated rings. The van der Waals surface area contributed by atoms with E-state index < -0.39 is 0 Å². The molecule has 3 rings (SSSR count). The predicted molar refractivity (Wildman–Crippen MR) is 66.5 cm³/mol. The van der Waals surface area contributed by atoms with Gasteiger partial charge in [-0.15, -0.1) is 0 Å². The molecule has 1 atom stereocenters. The van der Waals surface area contributed by atoms with Gasteiger partial charge in [-0.3, -0.25) is 0 Å². The van der Waals surface area contributed by atoms with E-state index in [2.05, 4.69) is 11.4 Å². The Morgan fingerprint density at radius 3 is 2.61 bits per heavy atom. The monoisotopic (exact) mass is 244 g/mol. The molecule has 0 radical (unpaired) electrons. The van der Waals surface area contributed by atoms with Gasteiger partial charge in [0, 0.05) is 0 Å². The van der Waals surface area contributed by atoms with Gasteiger partial charge in [-0.05, 0) is 37.6 Å². The average Bonchev–Trinajstić information content (AvgIpc) is 3.20. The summed E-state index contributed by atoms with van der Waals surface area (Å²) >= 11 is 0. The maximum atomic E-state index is 9.31. The van der Waals surface area contributed by atoms with Crippen LogP contribution in [0.2, 0.25) is 0 Å². The van der Waals surface area contributed by atoms with Crippen LogP contribution in [0.1, 0.15) is 24.4 Å². The molecule has 1 heterocycles. The quantitative estimate of drug-likeness (QED) is 0.883. The number of ether oxygens (including phenoxy) is 2. The lowest BCUT2D eigenvalue weighted by Crippen LogP contribution is -2.26. The summed E-state index contributed by atoms with van der Waals surface area (Å²) in [7, 11) is 1.90. The van der Waals surface area contributed by atoms with E-state index in [-0.39, 0.29) is 11.5 Å². The first-order valence-corrected chi connectivity index (χ1v) is 6.27. The highest BCUT2D eigenvalue weighted by Crippen LogP contribution is 2.54. The second kappa shape index (κ2) is 4.18. The second-order valence-corrected chi connectivity index (χ2v) is 4.89. The van der Waals surface area contributed by atoms with E-state index in [4.69, 9.17) is 9.47 Å². The van der Waals surface area contributed by atoms with Crippen molar-refractivity contribution < 1.29 is 9.47 Å². The molecule has 0 bridgehead atoms. The van der Waals surface area contributed by atoms with Crippen molar-refractivity contribution in [1.82, 2.24) is 5.32 Å². The molecule has 1 aromatic rings. The van der Waals surface area contributed by atoms with E-state index >= 15 is 0 Å². The van der Waals surface area contributed by atoms with E-state index in [1.165, 1.54) is 0 Å². The standard InChI is InChI=1S/C14H16N2O2/c1-16-13(14(9-15)4-5-14)10-2-3-11-12(8-10)18-7-6-17-11/h2-3,8,13,16H,4-7H2,1H3. The van der Waals surface area contributed by atoms with Crippen molar-refractivity contribution in [3.05, 3.63) is 23.8 Å². The molecule has 2 aliphatic rings. The van der Waals surface area contributed by atoms with Gasteiger partial charge in [0.2, 0.25) is 0 Å². The Labute approximate surface area is 107 Å². The van der Waals surface area contributed by atoms with E-state index in [1.807, 2.05) is 25.2 Å². The van der Waals surface area contributed by atoms with Crippen LogP contribution >= 0.6 is 0 Å². The lowest BCUT2D eigenvalue weighted by Gasteiger charge is -2.24. The fraction of sp³-hybridized carbons (Fsp3) is 0.500. The molecule has 0 amide bonds. The Hall–Kier alpha value is -1.73. The zero-order valence-corrected chi connectivity index (χ0v) is 10.4. The number of benzene rings is 1. The number of nitrogens with zero attached hydrogens (tertiary/aromatic N) is 1. The minimum Gasteiger partial charge on any atom is -0.486 e. The molecule has 0 saturated heterocycles. The van der Waals surface area contributed by atoms with E-state index in [0.29, 0.717) is 13.2 Å². The van der Waals surface area contributed by atoms with Crippen molar-refractivity contribution in [2.24, 2.45) is 5.41 Å². The molecule has 1 aliphatic carbocycles. The number of nitrogens with one attached hydrogen (secondary N) is 1. The van der Waals surface area contributed by atoms with Crippen LogP contribution in [0.4, 0.5) is 0 Å². The van der Waals surface area contributed by atoms with Crippen LogP contribution in [0.15, 0.2) is 18.2 Å². The van der Waals surface area contributed by atoms with Gasteiger partial charge in [0.05, 0.1) is 17.5 Å². The summed E-state index contributed by atoms with van der Waals surface area (Å²) in [6, 6.07) is 8.46. The van der Waals surface area contributed by atoms with Crippen molar-refractivity contribution in [3.63, 3.8) is 0 Å². The Morgan fingerprint density at radius 2 is 2.00 bits per heavy atom. The summed E-state index contributed by atoms with van der Waals surface area (Å²) in [5.41, 5.74) is 0.860. The van der Waals surface area contributed by atoms with E-state index in [1.54, 1.807) is 0 Å². The molecular formula is C14H16N2O2. The molecule has 94 valence electrons. The molecule has 1 N–H and O–H groups in total. The molecule has 1 saturated carbocycles. The lowest BCUT2D eigenvalue weighted by atomic mass is 9.91. The summed E-state index contributed by atoms with van der Waals surface area (Å²) in [6.07, 6.45) is 1.92. The Morgan fingerprint density at radius 1 is 1.28 bits per heavy atom. The maximum absolute atomic E-state index is 9.31. The Bertz CT molecular complexity index is 503. The normalized spacial score (nSPS) is 20.9. The first-order valence-electron chi connectivity index (χ1n) is 6.27. The van der Waals surface area contributed by atoms with Gasteiger partial charge in [0.25, 0.3) is 0 Å². The van der Waals surface area contributed by atoms with Crippen LogP contribution in [-0.4, -0.2) is 20.3 Å². The van der Waals surface area contributed by atoms with Crippen molar-refractivity contribution in [2.75, 3.05) is 20.3 Å². The maximum Gasteiger partial charge on any atom is 0.161 e. The largest absolute Gasteiger partial charge is 0.486 e. The summed E-state index contributed by atoms with van der Waals surface area (Å²) in [4.78, 5) is 0. The fourth-order valence-electron chi connectivity index (χ4n) is 2.60. The van der Waals surface area contributed by atoms with Gasteiger partial charge in [-0.2, -0.15) is 5.26 Å². The molecule has 1 aromatic carbocycles. The number of nitriles is 1. The van der Waals surface area contributed by atoms with E-state index in [9.17, 15) is 5.26 Å². The van der Waals surface area contributed by atoms with Crippen LogP contribution in [0, 0.1) is 16.7 Å². The summed E-state index contributed by atoms with van der Waals surface area (Å²) in [5, 5.41) is 12.6. The van der Waals surface area contributed by atoms with Gasteiger partial charge in [-0.25, -0.2) is 0 Å². The number of hydrogen-bond acceptors (Lipinski definition) is 4. The molecule has 4 heteroatoms. The second-order valence-electron chi connectivity index (χ2n) is 4.89. The highest BCUT2D eigenvalue weighted by atomic mass is 16.6. The topological polar surface area (TPSA) is 54.3 Å². The number of rotatable bonds is 3. The van der Waals surface area contributed by atoms with Gasteiger partial charge < -0.3 is 14.8 Å². The highest BCUT2D eigenvalue weighted by Gasteiger charge is 2.50. The molecule has 0 aromatic heterocycles. The first kappa shape index (κ1) is 11.4. The third-order valence-electron chi connectivity index (χ3n) is 3.75. The average molecular weight is 244 g/mol. The lowest BCUT2D eigenvalue weighted by molar-refractivity contribution is 0.171. The molecule has 0 spiro atoms. The number of fused-ring (bicyclic) bond motifs is 1. The van der Waals surface area contributed by atoms with Crippen LogP contribution in [0.25, 0.3) is 0 Å². The Kier molecular flexibility index (Phi) is 2.64. The summed E-state index contributed by atoms with van der Waals surface area (Å²) in [6.45, 7) is 1.19.